The summed E-state index contributed by atoms with van der Waals surface area (Å²) in [6.45, 7) is 0. The lowest BCUT2D eigenvalue weighted by atomic mass is 9.81. The van der Waals surface area contributed by atoms with Crippen molar-refractivity contribution in [3.8, 4) is 0 Å². The lowest BCUT2D eigenvalue weighted by Crippen LogP contribution is -2.31. The monoisotopic (exact) mass is 216 g/mol. The molecule has 1 saturated carbocycles. The fraction of sp³-hybridized carbons (Fsp3) is 0.909. The van der Waals surface area contributed by atoms with Gasteiger partial charge < -0.3 is 14.2 Å². The largest absolute Gasteiger partial charge is 0.469 e. The molecule has 0 aromatic rings. The summed E-state index contributed by atoms with van der Waals surface area (Å²) < 4.78 is 15.2. The summed E-state index contributed by atoms with van der Waals surface area (Å²) in [6, 6.07) is 0. The Bertz CT molecular complexity index is 193. The highest BCUT2D eigenvalue weighted by molar-refractivity contribution is 5.72. The summed E-state index contributed by atoms with van der Waals surface area (Å²) >= 11 is 0. The minimum atomic E-state index is -0.136. The molecule has 0 unspecified atom stereocenters. The van der Waals surface area contributed by atoms with Crippen molar-refractivity contribution in [1.82, 2.24) is 0 Å². The Morgan fingerprint density at radius 1 is 1.07 bits per heavy atom. The lowest BCUT2D eigenvalue weighted by molar-refractivity contribution is -0.156. The van der Waals surface area contributed by atoms with Gasteiger partial charge in [0.2, 0.25) is 0 Å². The van der Waals surface area contributed by atoms with Crippen molar-refractivity contribution >= 4 is 5.97 Å². The van der Waals surface area contributed by atoms with Gasteiger partial charge in [0, 0.05) is 20.1 Å². The molecule has 0 saturated heterocycles. The number of carbonyl (C=O) groups is 1. The van der Waals surface area contributed by atoms with Gasteiger partial charge in [0.1, 0.15) is 0 Å². The number of hydrogen-bond donors (Lipinski definition) is 0. The third kappa shape index (κ3) is 3.18. The van der Waals surface area contributed by atoms with Crippen LogP contribution in [0.4, 0.5) is 0 Å². The Balaban J connectivity index is 2.38. The SMILES string of the molecule is COC(=O)C1CCC(C(OC)OC)CC1. The molecule has 0 aromatic carbocycles. The number of methoxy groups -OCH3 is 3. The van der Waals surface area contributed by atoms with E-state index in [-0.39, 0.29) is 18.2 Å². The summed E-state index contributed by atoms with van der Waals surface area (Å²) in [5.74, 6) is 0.390. The van der Waals surface area contributed by atoms with E-state index in [1.54, 1.807) is 14.2 Å². The molecular weight excluding hydrogens is 196 g/mol. The van der Waals surface area contributed by atoms with E-state index in [2.05, 4.69) is 0 Å². The van der Waals surface area contributed by atoms with Crippen molar-refractivity contribution in [2.24, 2.45) is 11.8 Å². The van der Waals surface area contributed by atoms with Crippen LogP contribution in [-0.2, 0) is 19.0 Å². The Morgan fingerprint density at radius 2 is 1.60 bits per heavy atom. The van der Waals surface area contributed by atoms with E-state index in [1.807, 2.05) is 0 Å². The molecule has 0 bridgehead atoms. The molecule has 4 heteroatoms. The van der Waals surface area contributed by atoms with Crippen LogP contribution in [0, 0.1) is 11.8 Å². The van der Waals surface area contributed by atoms with Crippen molar-refractivity contribution in [3.63, 3.8) is 0 Å². The van der Waals surface area contributed by atoms with Crippen molar-refractivity contribution in [2.45, 2.75) is 32.0 Å². The first-order valence-corrected chi connectivity index (χ1v) is 5.36. The Hall–Kier alpha value is -0.610. The Kier molecular flexibility index (Phi) is 5.05. The molecule has 0 aromatic heterocycles. The van der Waals surface area contributed by atoms with Crippen LogP contribution in [0.25, 0.3) is 0 Å². The second-order valence-electron chi connectivity index (χ2n) is 3.97. The maximum Gasteiger partial charge on any atom is 0.308 e. The number of esters is 1. The van der Waals surface area contributed by atoms with Crippen molar-refractivity contribution in [1.29, 1.82) is 0 Å². The van der Waals surface area contributed by atoms with E-state index in [0.29, 0.717) is 5.92 Å². The number of ether oxygens (including phenoxy) is 3. The van der Waals surface area contributed by atoms with E-state index < -0.39 is 0 Å². The summed E-state index contributed by atoms with van der Waals surface area (Å²) in [7, 11) is 4.75. The second kappa shape index (κ2) is 6.08. The third-order valence-corrected chi connectivity index (χ3v) is 3.16. The number of carbonyl (C=O) groups excluding carboxylic acids is 1. The topological polar surface area (TPSA) is 44.8 Å². The first-order valence-electron chi connectivity index (χ1n) is 5.36. The average Bonchev–Trinajstić information content (AvgIpc) is 2.30. The maximum atomic E-state index is 11.3. The molecule has 1 rings (SSSR count). The number of hydrogen-bond acceptors (Lipinski definition) is 4. The molecule has 0 spiro atoms. The van der Waals surface area contributed by atoms with Gasteiger partial charge in [0.25, 0.3) is 0 Å². The van der Waals surface area contributed by atoms with Crippen LogP contribution in [0.2, 0.25) is 0 Å². The molecule has 0 N–H and O–H groups in total. The molecule has 0 atom stereocenters. The molecule has 1 fully saturated rings. The highest BCUT2D eigenvalue weighted by Gasteiger charge is 2.31. The van der Waals surface area contributed by atoms with Crippen LogP contribution in [-0.4, -0.2) is 33.6 Å². The Morgan fingerprint density at radius 3 is 2.00 bits per heavy atom. The second-order valence-corrected chi connectivity index (χ2v) is 3.97. The summed E-state index contributed by atoms with van der Waals surface area (Å²) in [5.41, 5.74) is 0. The van der Waals surface area contributed by atoms with Gasteiger partial charge in [0.15, 0.2) is 6.29 Å². The fourth-order valence-electron chi connectivity index (χ4n) is 2.27. The highest BCUT2D eigenvalue weighted by atomic mass is 16.7. The zero-order valence-corrected chi connectivity index (χ0v) is 9.69. The number of rotatable bonds is 4. The smallest absolute Gasteiger partial charge is 0.308 e. The third-order valence-electron chi connectivity index (χ3n) is 3.16. The van der Waals surface area contributed by atoms with Gasteiger partial charge in [0.05, 0.1) is 13.0 Å². The Labute approximate surface area is 90.9 Å². The van der Waals surface area contributed by atoms with Gasteiger partial charge in [-0.15, -0.1) is 0 Å². The van der Waals surface area contributed by atoms with Crippen LogP contribution in [0.1, 0.15) is 25.7 Å². The van der Waals surface area contributed by atoms with E-state index in [9.17, 15) is 4.79 Å². The molecule has 88 valence electrons. The van der Waals surface area contributed by atoms with E-state index in [1.165, 1.54) is 7.11 Å². The van der Waals surface area contributed by atoms with E-state index >= 15 is 0 Å². The minimum absolute atomic E-state index is 0.0700. The molecule has 0 heterocycles. The van der Waals surface area contributed by atoms with Crippen LogP contribution in [0.3, 0.4) is 0 Å². The first kappa shape index (κ1) is 12.5. The fourth-order valence-corrected chi connectivity index (χ4v) is 2.27. The molecule has 1 aliphatic rings. The molecule has 15 heavy (non-hydrogen) atoms. The van der Waals surface area contributed by atoms with Gasteiger partial charge in [-0.2, -0.15) is 0 Å². The maximum absolute atomic E-state index is 11.3. The lowest BCUT2D eigenvalue weighted by Gasteiger charge is -2.31. The van der Waals surface area contributed by atoms with Gasteiger partial charge >= 0.3 is 5.97 Å². The molecule has 0 amide bonds. The normalized spacial score (nSPS) is 26.7. The summed E-state index contributed by atoms with van der Waals surface area (Å²) in [5, 5.41) is 0. The molecule has 0 radical (unpaired) electrons. The summed E-state index contributed by atoms with van der Waals surface area (Å²) in [4.78, 5) is 11.3. The molecule has 1 aliphatic carbocycles. The van der Waals surface area contributed by atoms with Gasteiger partial charge in [-0.3, -0.25) is 4.79 Å². The highest BCUT2D eigenvalue weighted by Crippen LogP contribution is 2.32. The molecule has 0 aliphatic heterocycles. The van der Waals surface area contributed by atoms with Crippen molar-refractivity contribution in [2.75, 3.05) is 21.3 Å². The van der Waals surface area contributed by atoms with Crippen molar-refractivity contribution < 1.29 is 19.0 Å². The zero-order chi connectivity index (χ0) is 11.3. The summed E-state index contributed by atoms with van der Waals surface area (Å²) in [6.07, 6.45) is 3.54. The predicted octanol–water partition coefficient (Wildman–Crippen LogP) is 1.58. The van der Waals surface area contributed by atoms with Crippen LogP contribution >= 0.6 is 0 Å². The average molecular weight is 216 g/mol. The standard InChI is InChI=1S/C11H20O4/c1-13-10(12)8-4-6-9(7-5-8)11(14-2)15-3/h8-9,11H,4-7H2,1-3H3. The zero-order valence-electron chi connectivity index (χ0n) is 9.69. The van der Waals surface area contributed by atoms with Gasteiger partial charge in [-0.05, 0) is 25.7 Å². The van der Waals surface area contributed by atoms with Crippen LogP contribution in [0.15, 0.2) is 0 Å². The first-order chi connectivity index (χ1) is 7.22. The minimum Gasteiger partial charge on any atom is -0.469 e. The van der Waals surface area contributed by atoms with Gasteiger partial charge in [-0.25, -0.2) is 0 Å². The predicted molar refractivity (Wildman–Crippen MR) is 55.3 cm³/mol. The molecular formula is C11H20O4. The van der Waals surface area contributed by atoms with Gasteiger partial charge in [-0.1, -0.05) is 0 Å². The quantitative estimate of drug-likeness (QED) is 0.528. The molecule has 4 nitrogen and oxygen atoms in total. The van der Waals surface area contributed by atoms with Crippen LogP contribution in [0.5, 0.6) is 0 Å². The van der Waals surface area contributed by atoms with E-state index in [4.69, 9.17) is 14.2 Å². The van der Waals surface area contributed by atoms with Crippen molar-refractivity contribution in [3.05, 3.63) is 0 Å². The van der Waals surface area contributed by atoms with E-state index in [0.717, 1.165) is 25.7 Å². The van der Waals surface area contributed by atoms with Crippen LogP contribution < -0.4 is 0 Å².